The number of aliphatic hydroxyl groups is 1. The first-order chi connectivity index (χ1) is 7.51. The van der Waals surface area contributed by atoms with Crippen LogP contribution in [-0.2, 0) is 4.79 Å². The molecule has 2 N–H and O–H groups in total. The van der Waals surface area contributed by atoms with Crippen LogP contribution >= 0.6 is 0 Å². The summed E-state index contributed by atoms with van der Waals surface area (Å²) in [6, 6.07) is 0. The highest BCUT2D eigenvalue weighted by Gasteiger charge is 2.51. The molecule has 0 atom stereocenters. The largest absolute Gasteiger partial charge is 0.481 e. The van der Waals surface area contributed by atoms with Gasteiger partial charge in [-0.25, -0.2) is 0 Å². The van der Waals surface area contributed by atoms with Crippen molar-refractivity contribution in [2.45, 2.75) is 65.9 Å². The normalized spacial score (nSPS) is 31.3. The highest BCUT2D eigenvalue weighted by molar-refractivity contribution is 5.75. The van der Waals surface area contributed by atoms with Gasteiger partial charge < -0.3 is 10.2 Å². The second kappa shape index (κ2) is 4.27. The zero-order valence-electron chi connectivity index (χ0n) is 11.7. The second-order valence-corrected chi connectivity index (χ2v) is 7.10. The number of carbonyl (C=O) groups is 1. The number of hydrogen-bond acceptors (Lipinski definition) is 2. The molecule has 0 aromatic rings. The van der Waals surface area contributed by atoms with E-state index in [2.05, 4.69) is 20.8 Å². The second-order valence-electron chi connectivity index (χ2n) is 7.10. The highest BCUT2D eigenvalue weighted by atomic mass is 16.4. The van der Waals surface area contributed by atoms with Gasteiger partial charge in [-0.1, -0.05) is 20.8 Å². The van der Waals surface area contributed by atoms with Gasteiger partial charge in [0, 0.05) is 0 Å². The van der Waals surface area contributed by atoms with Crippen LogP contribution in [0.15, 0.2) is 0 Å². The third-order valence-corrected chi connectivity index (χ3v) is 4.74. The summed E-state index contributed by atoms with van der Waals surface area (Å²) in [4.78, 5) is 11.2. The Morgan fingerprint density at radius 2 is 1.53 bits per heavy atom. The van der Waals surface area contributed by atoms with Crippen molar-refractivity contribution in [2.24, 2.45) is 16.7 Å². The molecule has 3 nitrogen and oxygen atoms in total. The first-order valence-corrected chi connectivity index (χ1v) is 6.46. The quantitative estimate of drug-likeness (QED) is 0.782. The Labute approximate surface area is 104 Å². The van der Waals surface area contributed by atoms with Crippen LogP contribution in [0.25, 0.3) is 0 Å². The van der Waals surface area contributed by atoms with E-state index in [0.29, 0.717) is 18.8 Å². The van der Waals surface area contributed by atoms with Crippen LogP contribution in [0.1, 0.15) is 60.3 Å². The molecule has 1 fully saturated rings. The number of rotatable bonds is 2. The summed E-state index contributed by atoms with van der Waals surface area (Å²) in [6.07, 6.45) is 3.01. The van der Waals surface area contributed by atoms with E-state index in [4.69, 9.17) is 0 Å². The van der Waals surface area contributed by atoms with Gasteiger partial charge in [0.25, 0.3) is 0 Å². The van der Waals surface area contributed by atoms with Crippen LogP contribution in [0.5, 0.6) is 0 Å². The van der Waals surface area contributed by atoms with Crippen molar-refractivity contribution in [3.8, 4) is 0 Å². The molecule has 0 aromatic heterocycles. The summed E-state index contributed by atoms with van der Waals surface area (Å²) in [5.74, 6) is -0.332. The van der Waals surface area contributed by atoms with Gasteiger partial charge in [-0.2, -0.15) is 0 Å². The van der Waals surface area contributed by atoms with Crippen LogP contribution in [0.2, 0.25) is 0 Å². The minimum atomic E-state index is -1.06. The molecule has 0 saturated heterocycles. The van der Waals surface area contributed by atoms with Crippen LogP contribution in [0, 0.1) is 16.7 Å². The van der Waals surface area contributed by atoms with E-state index in [1.807, 2.05) is 0 Å². The third kappa shape index (κ3) is 2.65. The van der Waals surface area contributed by atoms with Crippen LogP contribution in [-0.4, -0.2) is 21.8 Å². The van der Waals surface area contributed by atoms with Crippen molar-refractivity contribution in [1.82, 2.24) is 0 Å². The topological polar surface area (TPSA) is 57.5 Å². The predicted octanol–water partition coefficient (Wildman–Crippen LogP) is 3.06. The lowest BCUT2D eigenvalue weighted by atomic mass is 9.61. The fraction of sp³-hybridized carbons (Fsp3) is 0.929. The zero-order valence-corrected chi connectivity index (χ0v) is 11.7. The van der Waals surface area contributed by atoms with Gasteiger partial charge in [-0.05, 0) is 50.9 Å². The van der Waals surface area contributed by atoms with Crippen LogP contribution in [0.3, 0.4) is 0 Å². The Balaban J connectivity index is 2.77. The standard InChI is InChI=1S/C14H26O3/c1-12(2,3)10-6-8-14(17,9-7-10)13(4,5)11(15)16/h10,17H,6-9H2,1-5H3,(H,15,16). The maximum Gasteiger partial charge on any atom is 0.312 e. The van der Waals surface area contributed by atoms with E-state index in [1.165, 1.54) is 0 Å². The first kappa shape index (κ1) is 14.5. The monoisotopic (exact) mass is 242 g/mol. The summed E-state index contributed by atoms with van der Waals surface area (Å²) in [6.45, 7) is 9.90. The number of aliphatic carboxylic acids is 1. The highest BCUT2D eigenvalue weighted by Crippen LogP contribution is 2.47. The van der Waals surface area contributed by atoms with Gasteiger partial charge in [0.15, 0.2) is 0 Å². The van der Waals surface area contributed by atoms with Crippen molar-refractivity contribution in [3.05, 3.63) is 0 Å². The van der Waals surface area contributed by atoms with Gasteiger partial charge in [0.05, 0.1) is 11.0 Å². The molecule has 17 heavy (non-hydrogen) atoms. The number of hydrogen-bond donors (Lipinski definition) is 2. The van der Waals surface area contributed by atoms with Crippen molar-refractivity contribution >= 4 is 5.97 Å². The molecule has 0 spiro atoms. The minimum absolute atomic E-state index is 0.245. The molecular formula is C14H26O3. The average molecular weight is 242 g/mol. The molecule has 1 aliphatic rings. The molecule has 1 rings (SSSR count). The van der Waals surface area contributed by atoms with E-state index in [0.717, 1.165) is 12.8 Å². The predicted molar refractivity (Wildman–Crippen MR) is 67.8 cm³/mol. The maximum atomic E-state index is 11.2. The molecule has 1 saturated carbocycles. The number of carboxylic acid groups (broad SMARTS) is 1. The van der Waals surface area contributed by atoms with Crippen molar-refractivity contribution in [1.29, 1.82) is 0 Å². The molecule has 3 heteroatoms. The lowest BCUT2D eigenvalue weighted by molar-refractivity contribution is -0.171. The fourth-order valence-electron chi connectivity index (χ4n) is 2.79. The van der Waals surface area contributed by atoms with Gasteiger partial charge in [-0.15, -0.1) is 0 Å². The van der Waals surface area contributed by atoms with Gasteiger partial charge >= 0.3 is 5.97 Å². The lowest BCUT2D eigenvalue weighted by Crippen LogP contribution is -2.52. The Kier molecular flexibility index (Phi) is 3.64. The van der Waals surface area contributed by atoms with Crippen LogP contribution < -0.4 is 0 Å². The lowest BCUT2D eigenvalue weighted by Gasteiger charge is -2.47. The minimum Gasteiger partial charge on any atom is -0.481 e. The van der Waals surface area contributed by atoms with E-state index in [-0.39, 0.29) is 5.41 Å². The Hall–Kier alpha value is -0.570. The van der Waals surface area contributed by atoms with Gasteiger partial charge in [-0.3, -0.25) is 4.79 Å². The van der Waals surface area contributed by atoms with Crippen molar-refractivity contribution in [2.75, 3.05) is 0 Å². The zero-order chi connectivity index (χ0) is 13.5. The van der Waals surface area contributed by atoms with E-state index < -0.39 is 17.0 Å². The van der Waals surface area contributed by atoms with E-state index in [9.17, 15) is 15.0 Å². The molecule has 0 heterocycles. The Morgan fingerprint density at radius 1 is 1.12 bits per heavy atom. The molecule has 100 valence electrons. The Morgan fingerprint density at radius 3 is 1.82 bits per heavy atom. The first-order valence-electron chi connectivity index (χ1n) is 6.46. The summed E-state index contributed by atoms with van der Waals surface area (Å²) in [5.41, 5.74) is -1.87. The molecule has 0 unspecified atom stereocenters. The summed E-state index contributed by atoms with van der Waals surface area (Å²) in [7, 11) is 0. The molecule has 0 amide bonds. The van der Waals surface area contributed by atoms with Gasteiger partial charge in [0.1, 0.15) is 0 Å². The summed E-state index contributed by atoms with van der Waals surface area (Å²) in [5, 5.41) is 19.8. The molecule has 0 radical (unpaired) electrons. The van der Waals surface area contributed by atoms with E-state index >= 15 is 0 Å². The van der Waals surface area contributed by atoms with Crippen molar-refractivity contribution < 1.29 is 15.0 Å². The Bertz CT molecular complexity index is 291. The average Bonchev–Trinajstić information content (AvgIpc) is 2.16. The van der Waals surface area contributed by atoms with Crippen LogP contribution in [0.4, 0.5) is 0 Å². The number of carboxylic acids is 1. The molecule has 0 aliphatic heterocycles. The SMILES string of the molecule is CC(C)(C)C1CCC(O)(C(C)(C)C(=O)O)CC1. The van der Waals surface area contributed by atoms with E-state index in [1.54, 1.807) is 13.8 Å². The maximum absolute atomic E-state index is 11.2. The molecule has 0 aromatic carbocycles. The molecule has 0 bridgehead atoms. The fourth-order valence-corrected chi connectivity index (χ4v) is 2.79. The molecule has 1 aliphatic carbocycles. The summed E-state index contributed by atoms with van der Waals surface area (Å²) >= 11 is 0. The molecular weight excluding hydrogens is 216 g/mol. The van der Waals surface area contributed by atoms with Crippen molar-refractivity contribution in [3.63, 3.8) is 0 Å². The summed E-state index contributed by atoms with van der Waals surface area (Å²) < 4.78 is 0. The smallest absolute Gasteiger partial charge is 0.312 e. The van der Waals surface area contributed by atoms with Gasteiger partial charge in [0.2, 0.25) is 0 Å². The third-order valence-electron chi connectivity index (χ3n) is 4.74.